The van der Waals surface area contributed by atoms with Gasteiger partial charge in [-0.25, -0.2) is 17.2 Å². The van der Waals surface area contributed by atoms with Crippen LogP contribution in [0.2, 0.25) is 0 Å². The van der Waals surface area contributed by atoms with Gasteiger partial charge in [0.1, 0.15) is 29.7 Å². The number of hydrogen-bond acceptors (Lipinski definition) is 4. The van der Waals surface area contributed by atoms with Crippen molar-refractivity contribution in [2.45, 2.75) is 11.5 Å². The van der Waals surface area contributed by atoms with E-state index in [1.165, 1.54) is 18.2 Å². The third kappa shape index (κ3) is 4.29. The first-order valence-electron chi connectivity index (χ1n) is 9.05. The Labute approximate surface area is 175 Å². The van der Waals surface area contributed by atoms with Crippen molar-refractivity contribution in [1.29, 1.82) is 0 Å². The van der Waals surface area contributed by atoms with Crippen LogP contribution in [-0.4, -0.2) is 28.2 Å². The van der Waals surface area contributed by atoms with Crippen molar-refractivity contribution in [3.05, 3.63) is 72.3 Å². The van der Waals surface area contributed by atoms with Crippen molar-refractivity contribution >= 4 is 15.7 Å². The summed E-state index contributed by atoms with van der Waals surface area (Å²) in [5.41, 5.74) is 0.763. The van der Waals surface area contributed by atoms with Gasteiger partial charge in [-0.05, 0) is 59.7 Å². The quantitative estimate of drug-likeness (QED) is 0.520. The van der Waals surface area contributed by atoms with Crippen LogP contribution in [0.15, 0.2) is 65.6 Å². The van der Waals surface area contributed by atoms with E-state index >= 15 is 0 Å². The molecule has 0 atom stereocenters. The van der Waals surface area contributed by atoms with E-state index in [9.17, 15) is 26.0 Å². The molecule has 1 heterocycles. The lowest BCUT2D eigenvalue weighted by Gasteiger charge is -2.31. The van der Waals surface area contributed by atoms with E-state index in [2.05, 4.69) is 4.74 Å². The number of halogens is 4. The maximum absolute atomic E-state index is 13.9. The standard InChI is InChI=1S/C21H15F4NO4S/c22-15-2-4-18(5-3-15)31(27,28)26-7-8-29-20-6-1-13(11-19(20)26)14-9-16(23)12-17(10-14)30-21(24)25/h1-6,9-12,21H,7-8H2. The van der Waals surface area contributed by atoms with Crippen LogP contribution in [0.5, 0.6) is 11.5 Å². The summed E-state index contributed by atoms with van der Waals surface area (Å²) in [5.74, 6) is -1.45. The molecule has 0 saturated heterocycles. The van der Waals surface area contributed by atoms with Gasteiger partial charge in [0.15, 0.2) is 0 Å². The van der Waals surface area contributed by atoms with Gasteiger partial charge < -0.3 is 9.47 Å². The lowest BCUT2D eigenvalue weighted by atomic mass is 10.0. The molecular formula is C21H15F4NO4S. The van der Waals surface area contributed by atoms with Crippen molar-refractivity contribution in [3.8, 4) is 22.6 Å². The fraction of sp³-hybridized carbons (Fsp3) is 0.143. The van der Waals surface area contributed by atoms with E-state index in [0.29, 0.717) is 5.56 Å². The van der Waals surface area contributed by atoms with Crippen molar-refractivity contribution in [3.63, 3.8) is 0 Å². The van der Waals surface area contributed by atoms with Gasteiger partial charge in [0, 0.05) is 6.07 Å². The number of hydrogen-bond donors (Lipinski definition) is 0. The molecule has 1 aliphatic heterocycles. The number of nitrogens with zero attached hydrogens (tertiary/aromatic N) is 1. The Kier molecular flexibility index (Phi) is 5.48. The Balaban J connectivity index is 1.77. The highest BCUT2D eigenvalue weighted by Gasteiger charge is 2.30. The first kappa shape index (κ1) is 21.0. The third-order valence-corrected chi connectivity index (χ3v) is 6.44. The monoisotopic (exact) mass is 453 g/mol. The average Bonchev–Trinajstić information content (AvgIpc) is 2.72. The second-order valence-corrected chi connectivity index (χ2v) is 8.48. The molecule has 162 valence electrons. The van der Waals surface area contributed by atoms with E-state index in [-0.39, 0.29) is 40.8 Å². The average molecular weight is 453 g/mol. The van der Waals surface area contributed by atoms with Crippen LogP contribution < -0.4 is 13.8 Å². The van der Waals surface area contributed by atoms with Gasteiger partial charge in [-0.3, -0.25) is 4.31 Å². The van der Waals surface area contributed by atoms with E-state index in [0.717, 1.165) is 40.7 Å². The summed E-state index contributed by atoms with van der Waals surface area (Å²) < 4.78 is 89.4. The molecule has 0 amide bonds. The van der Waals surface area contributed by atoms with E-state index in [1.807, 2.05) is 0 Å². The van der Waals surface area contributed by atoms with Crippen LogP contribution >= 0.6 is 0 Å². The van der Waals surface area contributed by atoms with Crippen molar-refractivity contribution in [2.24, 2.45) is 0 Å². The van der Waals surface area contributed by atoms with Gasteiger partial charge in [0.2, 0.25) is 0 Å². The van der Waals surface area contributed by atoms with Gasteiger partial charge in [0.05, 0.1) is 17.1 Å². The summed E-state index contributed by atoms with van der Waals surface area (Å²) >= 11 is 0. The van der Waals surface area contributed by atoms with Gasteiger partial charge >= 0.3 is 6.61 Å². The zero-order valence-electron chi connectivity index (χ0n) is 15.8. The fourth-order valence-corrected chi connectivity index (χ4v) is 4.71. The van der Waals surface area contributed by atoms with Gasteiger partial charge in [-0.2, -0.15) is 8.78 Å². The Morgan fingerprint density at radius 1 is 0.903 bits per heavy atom. The van der Waals surface area contributed by atoms with E-state index in [4.69, 9.17) is 4.74 Å². The predicted octanol–water partition coefficient (Wildman–Crippen LogP) is 4.82. The minimum absolute atomic E-state index is 0.000935. The molecule has 5 nitrogen and oxygen atoms in total. The van der Waals surface area contributed by atoms with Gasteiger partial charge in [-0.1, -0.05) is 6.07 Å². The molecule has 0 radical (unpaired) electrons. The number of ether oxygens (including phenoxy) is 2. The Morgan fingerprint density at radius 2 is 1.65 bits per heavy atom. The SMILES string of the molecule is O=S(=O)(c1ccc(F)cc1)N1CCOc2ccc(-c3cc(F)cc(OC(F)F)c3)cc21. The molecule has 0 unspecified atom stereocenters. The summed E-state index contributed by atoms with van der Waals surface area (Å²) in [7, 11) is -4.03. The molecule has 0 bridgehead atoms. The highest BCUT2D eigenvalue weighted by molar-refractivity contribution is 7.92. The molecule has 0 aliphatic carbocycles. The number of anilines is 1. The second-order valence-electron chi connectivity index (χ2n) is 6.62. The van der Waals surface area contributed by atoms with Crippen LogP contribution in [0, 0.1) is 11.6 Å². The maximum Gasteiger partial charge on any atom is 0.387 e. The largest absolute Gasteiger partial charge is 0.489 e. The summed E-state index contributed by atoms with van der Waals surface area (Å²) in [6, 6.07) is 12.1. The molecule has 0 fully saturated rings. The Morgan fingerprint density at radius 3 is 2.35 bits per heavy atom. The van der Waals surface area contributed by atoms with Crippen LogP contribution in [0.4, 0.5) is 23.2 Å². The van der Waals surface area contributed by atoms with Crippen molar-refractivity contribution in [1.82, 2.24) is 0 Å². The predicted molar refractivity (Wildman–Crippen MR) is 105 cm³/mol. The first-order chi connectivity index (χ1) is 14.7. The van der Waals surface area contributed by atoms with Gasteiger partial charge in [-0.15, -0.1) is 0 Å². The van der Waals surface area contributed by atoms with Crippen molar-refractivity contribution in [2.75, 3.05) is 17.5 Å². The van der Waals surface area contributed by atoms with Crippen molar-refractivity contribution < 1.29 is 35.5 Å². The van der Waals surface area contributed by atoms with Crippen LogP contribution in [0.25, 0.3) is 11.1 Å². The zero-order chi connectivity index (χ0) is 22.2. The molecule has 31 heavy (non-hydrogen) atoms. The Bertz CT molecular complexity index is 1220. The maximum atomic E-state index is 13.9. The second kappa shape index (κ2) is 8.10. The summed E-state index contributed by atoms with van der Waals surface area (Å²) in [6.45, 7) is -3.03. The molecule has 0 N–H and O–H groups in total. The lowest BCUT2D eigenvalue weighted by Crippen LogP contribution is -2.37. The summed E-state index contributed by atoms with van der Waals surface area (Å²) in [6.07, 6.45) is 0. The summed E-state index contributed by atoms with van der Waals surface area (Å²) in [4.78, 5) is -0.106. The molecule has 1 aliphatic rings. The van der Waals surface area contributed by atoms with Crippen LogP contribution in [-0.2, 0) is 10.0 Å². The molecule has 10 heteroatoms. The molecule has 3 aromatic rings. The van der Waals surface area contributed by atoms with Crippen LogP contribution in [0.1, 0.15) is 0 Å². The topological polar surface area (TPSA) is 55.8 Å². The number of rotatable bonds is 5. The number of fused-ring (bicyclic) bond motifs is 1. The molecule has 0 aromatic heterocycles. The lowest BCUT2D eigenvalue weighted by molar-refractivity contribution is -0.0499. The molecular weight excluding hydrogens is 438 g/mol. The van der Waals surface area contributed by atoms with Gasteiger partial charge in [0.25, 0.3) is 10.0 Å². The molecule has 0 spiro atoms. The smallest absolute Gasteiger partial charge is 0.387 e. The fourth-order valence-electron chi connectivity index (χ4n) is 3.26. The van der Waals surface area contributed by atoms with Crippen LogP contribution in [0.3, 0.4) is 0 Å². The molecule has 4 rings (SSSR count). The number of sulfonamides is 1. The van der Waals surface area contributed by atoms with E-state index in [1.54, 1.807) is 6.07 Å². The van der Waals surface area contributed by atoms with E-state index < -0.39 is 28.3 Å². The molecule has 3 aromatic carbocycles. The number of alkyl halides is 2. The highest BCUT2D eigenvalue weighted by atomic mass is 32.2. The normalized spacial score (nSPS) is 13.6. The minimum Gasteiger partial charge on any atom is -0.489 e. The molecule has 0 saturated carbocycles. The highest BCUT2D eigenvalue weighted by Crippen LogP contribution is 2.39. The number of benzene rings is 3. The minimum atomic E-state index is -4.03. The zero-order valence-corrected chi connectivity index (χ0v) is 16.6. The summed E-state index contributed by atoms with van der Waals surface area (Å²) in [5, 5.41) is 0. The first-order valence-corrected chi connectivity index (χ1v) is 10.5. The third-order valence-electron chi connectivity index (χ3n) is 4.61. The Hall–Kier alpha value is -3.27.